The van der Waals surface area contributed by atoms with Crippen molar-refractivity contribution in [2.75, 3.05) is 5.73 Å². The van der Waals surface area contributed by atoms with Crippen molar-refractivity contribution >= 4 is 11.9 Å². The Bertz CT molecular complexity index is 349. The second-order valence-electron chi connectivity index (χ2n) is 2.65. The van der Waals surface area contributed by atoms with Crippen LogP contribution in [0, 0.1) is 6.92 Å². The van der Waals surface area contributed by atoms with E-state index in [1.54, 1.807) is 6.92 Å². The van der Waals surface area contributed by atoms with E-state index in [9.17, 15) is 4.79 Å². The highest BCUT2D eigenvalue weighted by Gasteiger charge is 2.15. The largest absolute Gasteiger partial charge is 0.478 e. The van der Waals surface area contributed by atoms with Crippen LogP contribution in [-0.4, -0.2) is 21.0 Å². The molecule has 1 aromatic rings. The van der Waals surface area contributed by atoms with Crippen LogP contribution in [0.25, 0.3) is 0 Å². The van der Waals surface area contributed by atoms with E-state index < -0.39 is 5.97 Å². The predicted octanol–water partition coefficient (Wildman–Crippen LogP) is 0.628. The quantitative estimate of drug-likeness (QED) is 0.698. The molecule has 1 rings (SSSR count). The van der Waals surface area contributed by atoms with Crippen LogP contribution in [0.3, 0.4) is 0 Å². The van der Waals surface area contributed by atoms with Gasteiger partial charge >= 0.3 is 5.97 Å². The molecule has 0 aromatic carbocycles. The molecule has 0 atom stereocenters. The fourth-order valence-electron chi connectivity index (χ4n) is 1.19. The van der Waals surface area contributed by atoms with Crippen molar-refractivity contribution in [2.24, 2.45) is 0 Å². The first kappa shape index (κ1) is 9.44. The number of carbonyl (C=O) groups is 1. The van der Waals surface area contributed by atoms with Crippen molar-refractivity contribution in [3.8, 4) is 0 Å². The van der Waals surface area contributed by atoms with E-state index in [0.717, 1.165) is 0 Å². The molecule has 0 radical (unpaired) electrons. The summed E-state index contributed by atoms with van der Waals surface area (Å²) in [6.07, 6.45) is 0.537. The van der Waals surface area contributed by atoms with Crippen LogP contribution in [0.5, 0.6) is 0 Å². The van der Waals surface area contributed by atoms with Gasteiger partial charge in [-0.3, -0.25) is 0 Å². The van der Waals surface area contributed by atoms with Crippen LogP contribution in [0.15, 0.2) is 0 Å². The summed E-state index contributed by atoms with van der Waals surface area (Å²) >= 11 is 0. The minimum absolute atomic E-state index is 0.124. The van der Waals surface area contributed by atoms with Crippen molar-refractivity contribution in [1.29, 1.82) is 0 Å². The normalized spacial score (nSPS) is 10.0. The second-order valence-corrected chi connectivity index (χ2v) is 2.65. The van der Waals surface area contributed by atoms with Crippen LogP contribution in [0.2, 0.25) is 0 Å². The number of nitrogens with zero attached hydrogens (tertiary/aromatic N) is 2. The van der Waals surface area contributed by atoms with Gasteiger partial charge in [-0.1, -0.05) is 6.92 Å². The van der Waals surface area contributed by atoms with Gasteiger partial charge in [-0.2, -0.15) is 0 Å². The molecule has 13 heavy (non-hydrogen) atoms. The van der Waals surface area contributed by atoms with Gasteiger partial charge in [-0.05, 0) is 13.3 Å². The molecule has 5 heteroatoms. The third-order valence-corrected chi connectivity index (χ3v) is 1.73. The molecule has 70 valence electrons. The number of aromatic carboxylic acids is 1. The zero-order chi connectivity index (χ0) is 10.0. The van der Waals surface area contributed by atoms with Gasteiger partial charge in [0.15, 0.2) is 0 Å². The number of nitrogens with two attached hydrogens (primary N) is 1. The average molecular weight is 181 g/mol. The Balaban J connectivity index is 3.38. The van der Waals surface area contributed by atoms with E-state index in [1.807, 2.05) is 6.92 Å². The Morgan fingerprint density at radius 1 is 1.54 bits per heavy atom. The molecule has 0 saturated heterocycles. The highest BCUT2D eigenvalue weighted by atomic mass is 16.4. The third kappa shape index (κ3) is 1.74. The van der Waals surface area contributed by atoms with Gasteiger partial charge in [0, 0.05) is 0 Å². The summed E-state index contributed by atoms with van der Waals surface area (Å²) in [5.74, 6) is -0.881. The number of carboxylic acid groups (broad SMARTS) is 1. The molecule has 0 aliphatic rings. The summed E-state index contributed by atoms with van der Waals surface area (Å²) in [6, 6.07) is 0. The minimum atomic E-state index is -1.01. The van der Waals surface area contributed by atoms with Crippen molar-refractivity contribution in [1.82, 2.24) is 9.97 Å². The lowest BCUT2D eigenvalue weighted by Gasteiger charge is -2.05. The third-order valence-electron chi connectivity index (χ3n) is 1.73. The summed E-state index contributed by atoms with van der Waals surface area (Å²) in [5.41, 5.74) is 6.45. The number of aryl methyl sites for hydroxylation is 2. The van der Waals surface area contributed by atoms with E-state index in [1.165, 1.54) is 0 Å². The molecule has 0 aliphatic heterocycles. The maximum Gasteiger partial charge on any atom is 0.339 e. The van der Waals surface area contributed by atoms with Gasteiger partial charge in [-0.25, -0.2) is 14.8 Å². The zero-order valence-electron chi connectivity index (χ0n) is 7.53. The molecule has 0 fully saturated rings. The van der Waals surface area contributed by atoms with E-state index >= 15 is 0 Å². The molecule has 5 nitrogen and oxygen atoms in total. The predicted molar refractivity (Wildman–Crippen MR) is 47.5 cm³/mol. The maximum absolute atomic E-state index is 10.8. The van der Waals surface area contributed by atoms with Gasteiger partial charge in [0.25, 0.3) is 0 Å². The van der Waals surface area contributed by atoms with Crippen LogP contribution < -0.4 is 5.73 Å². The molecule has 0 unspecified atom stereocenters. The standard InChI is InChI=1S/C8H11N3O2/c1-3-5-6(7(12)13)4(2)10-8(9)11-5/h3H2,1-2H3,(H,12,13)(H2,9,10,11). The number of nitrogen functional groups attached to an aromatic ring is 1. The summed E-state index contributed by atoms with van der Waals surface area (Å²) in [5, 5.41) is 8.85. The average Bonchev–Trinajstić information content (AvgIpc) is 2.01. The van der Waals surface area contributed by atoms with E-state index in [-0.39, 0.29) is 11.5 Å². The Morgan fingerprint density at radius 2 is 2.15 bits per heavy atom. The lowest BCUT2D eigenvalue weighted by molar-refractivity contribution is 0.0694. The van der Waals surface area contributed by atoms with E-state index in [0.29, 0.717) is 17.8 Å². The second kappa shape index (κ2) is 3.38. The fraction of sp³-hybridized carbons (Fsp3) is 0.375. The number of aromatic nitrogens is 2. The van der Waals surface area contributed by atoms with Crippen LogP contribution >= 0.6 is 0 Å². The molecule has 0 amide bonds. The van der Waals surface area contributed by atoms with Gasteiger partial charge in [0.2, 0.25) is 5.95 Å². The minimum Gasteiger partial charge on any atom is -0.478 e. The van der Waals surface area contributed by atoms with E-state index in [4.69, 9.17) is 10.8 Å². The number of hydrogen-bond acceptors (Lipinski definition) is 4. The number of hydrogen-bond donors (Lipinski definition) is 2. The van der Waals surface area contributed by atoms with Crippen LogP contribution in [0.4, 0.5) is 5.95 Å². The van der Waals surface area contributed by atoms with E-state index in [2.05, 4.69) is 9.97 Å². The van der Waals surface area contributed by atoms with Gasteiger partial charge < -0.3 is 10.8 Å². The molecule has 1 heterocycles. The summed E-state index contributed by atoms with van der Waals surface area (Å²) < 4.78 is 0. The smallest absolute Gasteiger partial charge is 0.339 e. The molecule has 0 spiro atoms. The van der Waals surface area contributed by atoms with Crippen molar-refractivity contribution in [2.45, 2.75) is 20.3 Å². The first-order chi connectivity index (χ1) is 6.06. The summed E-state index contributed by atoms with van der Waals surface area (Å²) in [7, 11) is 0. The summed E-state index contributed by atoms with van der Waals surface area (Å²) in [6.45, 7) is 3.44. The van der Waals surface area contributed by atoms with Crippen LogP contribution in [-0.2, 0) is 6.42 Å². The topological polar surface area (TPSA) is 89.1 Å². The number of carboxylic acids is 1. The highest BCUT2D eigenvalue weighted by molar-refractivity contribution is 5.90. The van der Waals surface area contributed by atoms with Gasteiger partial charge in [-0.15, -0.1) is 0 Å². The Kier molecular flexibility index (Phi) is 2.46. The zero-order valence-corrected chi connectivity index (χ0v) is 7.53. The first-order valence-corrected chi connectivity index (χ1v) is 3.92. The first-order valence-electron chi connectivity index (χ1n) is 3.92. The van der Waals surface area contributed by atoms with Crippen molar-refractivity contribution in [3.05, 3.63) is 17.0 Å². The molecular weight excluding hydrogens is 170 g/mol. The maximum atomic E-state index is 10.8. The van der Waals surface area contributed by atoms with Gasteiger partial charge in [0.1, 0.15) is 5.56 Å². The van der Waals surface area contributed by atoms with Crippen molar-refractivity contribution in [3.63, 3.8) is 0 Å². The number of anilines is 1. The molecule has 0 saturated carbocycles. The summed E-state index contributed by atoms with van der Waals surface area (Å²) in [4.78, 5) is 18.4. The number of rotatable bonds is 2. The molecule has 3 N–H and O–H groups in total. The van der Waals surface area contributed by atoms with Gasteiger partial charge in [0.05, 0.1) is 11.4 Å². The SMILES string of the molecule is CCc1nc(N)nc(C)c1C(=O)O. The monoisotopic (exact) mass is 181 g/mol. The molecule has 0 bridgehead atoms. The lowest BCUT2D eigenvalue weighted by Crippen LogP contribution is -2.11. The highest BCUT2D eigenvalue weighted by Crippen LogP contribution is 2.12. The van der Waals surface area contributed by atoms with Crippen molar-refractivity contribution < 1.29 is 9.90 Å². The molecule has 0 aliphatic carbocycles. The lowest BCUT2D eigenvalue weighted by atomic mass is 10.1. The fourth-order valence-corrected chi connectivity index (χ4v) is 1.19. The molecular formula is C8H11N3O2. The Morgan fingerprint density at radius 3 is 2.62 bits per heavy atom. The molecule has 1 aromatic heterocycles. The Hall–Kier alpha value is -1.65. The van der Waals surface area contributed by atoms with Crippen LogP contribution in [0.1, 0.15) is 28.7 Å². The Labute approximate surface area is 75.6 Å².